The molecule has 0 unspecified atom stereocenters. The van der Waals surface area contributed by atoms with Crippen molar-refractivity contribution in [1.29, 1.82) is 0 Å². The third-order valence-corrected chi connectivity index (χ3v) is 7.69. The van der Waals surface area contributed by atoms with E-state index in [1.54, 1.807) is 32.0 Å². The minimum atomic E-state index is -3.59. The lowest BCUT2D eigenvalue weighted by atomic mass is 10.2. The summed E-state index contributed by atoms with van der Waals surface area (Å²) >= 11 is 0. The lowest BCUT2D eigenvalue weighted by Gasteiger charge is -2.26. The molecule has 0 radical (unpaired) electrons. The Morgan fingerprint density at radius 3 is 2.50 bits per heavy atom. The van der Waals surface area contributed by atoms with Crippen molar-refractivity contribution < 1.29 is 17.6 Å². The van der Waals surface area contributed by atoms with E-state index in [-0.39, 0.29) is 17.2 Å². The average Bonchev–Trinajstić information content (AvgIpc) is 3.16. The molecule has 32 heavy (non-hydrogen) atoms. The average molecular weight is 454 g/mol. The number of aromatic nitrogens is 1. The van der Waals surface area contributed by atoms with Crippen molar-refractivity contribution in [2.75, 3.05) is 18.4 Å². The van der Waals surface area contributed by atoms with Gasteiger partial charge in [-0.05, 0) is 56.5 Å². The number of carbonyl (C=O) groups is 1. The number of amides is 1. The van der Waals surface area contributed by atoms with Gasteiger partial charge in [0.1, 0.15) is 5.76 Å². The van der Waals surface area contributed by atoms with Gasteiger partial charge >= 0.3 is 0 Å². The molecular weight excluding hydrogens is 426 g/mol. The van der Waals surface area contributed by atoms with Crippen molar-refractivity contribution in [1.82, 2.24) is 9.29 Å². The summed E-state index contributed by atoms with van der Waals surface area (Å²) in [5, 5.41) is 2.81. The number of rotatable bonds is 6. The van der Waals surface area contributed by atoms with Crippen LogP contribution in [0.4, 0.5) is 5.69 Å². The lowest BCUT2D eigenvalue weighted by molar-refractivity contribution is -0.115. The molecule has 1 N–H and O–H groups in total. The van der Waals surface area contributed by atoms with Crippen LogP contribution in [0, 0.1) is 13.8 Å². The number of aryl methyl sites for hydroxylation is 2. The second kappa shape index (κ2) is 9.26. The van der Waals surface area contributed by atoms with E-state index in [1.807, 2.05) is 30.3 Å². The Labute approximate surface area is 188 Å². The zero-order chi connectivity index (χ0) is 22.7. The summed E-state index contributed by atoms with van der Waals surface area (Å²) in [6.45, 7) is 4.62. The quantitative estimate of drug-likeness (QED) is 0.600. The van der Waals surface area contributed by atoms with Crippen LogP contribution in [0.2, 0.25) is 0 Å². The zero-order valence-electron chi connectivity index (χ0n) is 18.3. The SMILES string of the molecule is Cc1ccc(NC(=O)Cc2nc(-c3ccccc3)oc2C)cc1S(=O)(=O)N1CCCCC1. The Morgan fingerprint density at radius 2 is 1.78 bits per heavy atom. The van der Waals surface area contributed by atoms with E-state index in [1.165, 1.54) is 4.31 Å². The molecule has 2 aromatic carbocycles. The van der Waals surface area contributed by atoms with E-state index in [0.717, 1.165) is 24.8 Å². The van der Waals surface area contributed by atoms with Crippen molar-refractivity contribution >= 4 is 21.6 Å². The highest BCUT2D eigenvalue weighted by Crippen LogP contribution is 2.26. The van der Waals surface area contributed by atoms with Crippen LogP contribution in [0.15, 0.2) is 57.8 Å². The third-order valence-electron chi connectivity index (χ3n) is 5.65. The number of hydrogen-bond acceptors (Lipinski definition) is 5. The van der Waals surface area contributed by atoms with Crippen LogP contribution in [0.3, 0.4) is 0 Å². The van der Waals surface area contributed by atoms with Crippen molar-refractivity contribution in [3.8, 4) is 11.5 Å². The smallest absolute Gasteiger partial charge is 0.243 e. The number of carbonyl (C=O) groups excluding carboxylic acids is 1. The van der Waals surface area contributed by atoms with Gasteiger partial charge in [-0.2, -0.15) is 4.31 Å². The predicted octanol–water partition coefficient (Wildman–Crippen LogP) is 4.31. The third kappa shape index (κ3) is 4.76. The molecule has 0 spiro atoms. The van der Waals surface area contributed by atoms with Gasteiger partial charge in [-0.15, -0.1) is 0 Å². The topological polar surface area (TPSA) is 92.5 Å². The molecule has 168 valence electrons. The maximum absolute atomic E-state index is 13.1. The van der Waals surface area contributed by atoms with E-state index in [4.69, 9.17) is 4.42 Å². The second-order valence-electron chi connectivity index (χ2n) is 8.06. The van der Waals surface area contributed by atoms with Gasteiger partial charge in [0.15, 0.2) is 0 Å². The Balaban J connectivity index is 1.50. The summed E-state index contributed by atoms with van der Waals surface area (Å²) in [7, 11) is -3.59. The molecule has 3 aromatic rings. The summed E-state index contributed by atoms with van der Waals surface area (Å²) in [6, 6.07) is 14.5. The number of anilines is 1. The van der Waals surface area contributed by atoms with Crippen LogP contribution in [0.1, 0.15) is 36.3 Å². The first-order chi connectivity index (χ1) is 15.3. The van der Waals surface area contributed by atoms with E-state index in [9.17, 15) is 13.2 Å². The first-order valence-corrected chi connectivity index (χ1v) is 12.2. The molecule has 1 fully saturated rings. The number of piperidine rings is 1. The molecule has 2 heterocycles. The van der Waals surface area contributed by atoms with Crippen LogP contribution >= 0.6 is 0 Å². The summed E-state index contributed by atoms with van der Waals surface area (Å²) < 4.78 is 33.5. The Morgan fingerprint density at radius 1 is 1.06 bits per heavy atom. The highest BCUT2D eigenvalue weighted by molar-refractivity contribution is 7.89. The second-order valence-corrected chi connectivity index (χ2v) is 9.96. The molecule has 7 nitrogen and oxygen atoms in total. The fraction of sp³-hybridized carbons (Fsp3) is 0.333. The maximum Gasteiger partial charge on any atom is 0.243 e. The maximum atomic E-state index is 13.1. The molecule has 1 aliphatic rings. The van der Waals surface area contributed by atoms with E-state index < -0.39 is 10.0 Å². The minimum Gasteiger partial charge on any atom is -0.441 e. The van der Waals surface area contributed by atoms with Crippen molar-refractivity contribution in [2.24, 2.45) is 0 Å². The standard InChI is InChI=1S/C24H27N3O4S/c1-17-11-12-20(15-22(17)32(29,30)27-13-7-4-8-14-27)25-23(28)16-21-18(2)31-24(26-21)19-9-5-3-6-10-19/h3,5-6,9-12,15H,4,7-8,13-14,16H2,1-2H3,(H,25,28). The van der Waals surface area contributed by atoms with Gasteiger partial charge in [-0.25, -0.2) is 13.4 Å². The van der Waals surface area contributed by atoms with Gasteiger partial charge in [0.05, 0.1) is 17.0 Å². The molecule has 4 rings (SSSR count). The van der Waals surface area contributed by atoms with Crippen LogP contribution < -0.4 is 5.32 Å². The van der Waals surface area contributed by atoms with Gasteiger partial charge in [0.25, 0.3) is 0 Å². The number of oxazole rings is 1. The first kappa shape index (κ1) is 22.2. The fourth-order valence-corrected chi connectivity index (χ4v) is 5.62. The number of sulfonamides is 1. The summed E-state index contributed by atoms with van der Waals surface area (Å²) in [6.07, 6.45) is 2.83. The number of nitrogens with one attached hydrogen (secondary N) is 1. The van der Waals surface area contributed by atoms with Gasteiger partial charge in [0.2, 0.25) is 21.8 Å². The normalized spacial score (nSPS) is 14.9. The molecule has 0 saturated carbocycles. The first-order valence-electron chi connectivity index (χ1n) is 10.8. The van der Waals surface area contributed by atoms with Crippen LogP contribution in [-0.2, 0) is 21.2 Å². The summed E-state index contributed by atoms with van der Waals surface area (Å²) in [4.78, 5) is 17.4. The van der Waals surface area contributed by atoms with Gasteiger partial charge in [-0.3, -0.25) is 4.79 Å². The molecule has 0 atom stereocenters. The molecule has 1 saturated heterocycles. The molecule has 8 heteroatoms. The Kier molecular flexibility index (Phi) is 6.43. The van der Waals surface area contributed by atoms with Crippen molar-refractivity contribution in [3.05, 3.63) is 65.5 Å². The number of benzene rings is 2. The van der Waals surface area contributed by atoms with Crippen molar-refractivity contribution in [3.63, 3.8) is 0 Å². The molecule has 0 bridgehead atoms. The van der Waals surface area contributed by atoms with E-state index in [0.29, 0.717) is 41.7 Å². The molecule has 1 aromatic heterocycles. The Bertz CT molecular complexity index is 1210. The summed E-state index contributed by atoms with van der Waals surface area (Å²) in [5.41, 5.74) is 2.50. The van der Waals surface area contributed by atoms with Crippen LogP contribution in [0.5, 0.6) is 0 Å². The summed E-state index contributed by atoms with van der Waals surface area (Å²) in [5.74, 6) is 0.763. The number of hydrogen-bond donors (Lipinski definition) is 1. The van der Waals surface area contributed by atoms with E-state index >= 15 is 0 Å². The predicted molar refractivity (Wildman–Crippen MR) is 123 cm³/mol. The number of nitrogens with zero attached hydrogens (tertiary/aromatic N) is 2. The van der Waals surface area contributed by atoms with Gasteiger partial charge in [0, 0.05) is 24.3 Å². The van der Waals surface area contributed by atoms with Crippen LogP contribution in [0.25, 0.3) is 11.5 Å². The van der Waals surface area contributed by atoms with Crippen molar-refractivity contribution in [2.45, 2.75) is 44.4 Å². The Hall–Kier alpha value is -2.97. The van der Waals surface area contributed by atoms with E-state index in [2.05, 4.69) is 10.3 Å². The van der Waals surface area contributed by atoms with Gasteiger partial charge < -0.3 is 9.73 Å². The minimum absolute atomic E-state index is 0.0320. The zero-order valence-corrected chi connectivity index (χ0v) is 19.1. The fourth-order valence-electron chi connectivity index (χ4n) is 3.85. The van der Waals surface area contributed by atoms with Gasteiger partial charge in [-0.1, -0.05) is 30.7 Å². The highest BCUT2D eigenvalue weighted by Gasteiger charge is 2.27. The molecule has 1 amide bonds. The lowest BCUT2D eigenvalue weighted by Crippen LogP contribution is -2.36. The monoisotopic (exact) mass is 453 g/mol. The van der Waals surface area contributed by atoms with Crippen LogP contribution in [-0.4, -0.2) is 36.7 Å². The molecule has 0 aliphatic carbocycles. The molecule has 1 aliphatic heterocycles. The highest BCUT2D eigenvalue weighted by atomic mass is 32.2. The molecular formula is C24H27N3O4S. The largest absolute Gasteiger partial charge is 0.441 e.